The van der Waals surface area contributed by atoms with Crippen LogP contribution in [0.3, 0.4) is 0 Å². The van der Waals surface area contributed by atoms with Crippen molar-refractivity contribution in [3.63, 3.8) is 0 Å². The molecule has 0 bridgehead atoms. The molecule has 0 saturated heterocycles. The fourth-order valence-corrected chi connectivity index (χ4v) is 2.22. The largest absolute Gasteiger partial charge is 0.366 e. The van der Waals surface area contributed by atoms with E-state index >= 15 is 0 Å². The fourth-order valence-electron chi connectivity index (χ4n) is 2.22. The molecule has 0 fully saturated rings. The van der Waals surface area contributed by atoms with Crippen LogP contribution in [0.15, 0.2) is 48.7 Å². The van der Waals surface area contributed by atoms with E-state index in [0.29, 0.717) is 16.9 Å². The molecule has 4 nitrogen and oxygen atoms in total. The molecule has 134 valence electrons. The Hall–Kier alpha value is -3.16. The van der Waals surface area contributed by atoms with Crippen LogP contribution in [0.4, 0.5) is 29.3 Å². The molecule has 0 amide bonds. The molecular formula is C18H14F4N4. The summed E-state index contributed by atoms with van der Waals surface area (Å²) < 4.78 is 52.2. The first-order valence-electron chi connectivity index (χ1n) is 7.70. The number of benzene rings is 2. The Morgan fingerprint density at radius 2 is 1.27 bits per heavy atom. The zero-order valence-electron chi connectivity index (χ0n) is 13.4. The van der Waals surface area contributed by atoms with Crippen LogP contribution < -0.4 is 10.6 Å². The number of nitrogens with one attached hydrogen (secondary N) is 2. The van der Waals surface area contributed by atoms with Crippen molar-refractivity contribution in [2.75, 3.05) is 10.6 Å². The first-order chi connectivity index (χ1) is 12.5. The quantitative estimate of drug-likeness (QED) is 0.644. The summed E-state index contributed by atoms with van der Waals surface area (Å²) in [5, 5.41) is 5.87. The zero-order chi connectivity index (χ0) is 18.5. The Labute approximate surface area is 146 Å². The summed E-state index contributed by atoms with van der Waals surface area (Å²) in [6, 6.07) is 8.83. The van der Waals surface area contributed by atoms with Crippen molar-refractivity contribution in [3.05, 3.63) is 83.1 Å². The minimum absolute atomic E-state index is 0.212. The van der Waals surface area contributed by atoms with Crippen molar-refractivity contribution < 1.29 is 17.6 Å². The van der Waals surface area contributed by atoms with Gasteiger partial charge in [-0.05, 0) is 41.5 Å². The van der Waals surface area contributed by atoms with Gasteiger partial charge in [0.15, 0.2) is 23.3 Å². The van der Waals surface area contributed by atoms with E-state index in [1.54, 1.807) is 6.07 Å². The maximum Gasteiger partial charge on any atom is 0.224 e. The van der Waals surface area contributed by atoms with Gasteiger partial charge in [-0.1, -0.05) is 12.1 Å². The molecular weight excluding hydrogens is 348 g/mol. The lowest BCUT2D eigenvalue weighted by Gasteiger charge is -2.09. The second-order valence-corrected chi connectivity index (χ2v) is 5.47. The minimum Gasteiger partial charge on any atom is -0.366 e. The van der Waals surface area contributed by atoms with Gasteiger partial charge in [0, 0.05) is 19.3 Å². The maximum absolute atomic E-state index is 13.2. The zero-order valence-corrected chi connectivity index (χ0v) is 13.4. The van der Waals surface area contributed by atoms with Crippen LogP contribution >= 0.6 is 0 Å². The van der Waals surface area contributed by atoms with E-state index in [9.17, 15) is 17.6 Å². The Morgan fingerprint density at radius 1 is 0.692 bits per heavy atom. The van der Waals surface area contributed by atoms with Crippen molar-refractivity contribution in [2.24, 2.45) is 0 Å². The summed E-state index contributed by atoms with van der Waals surface area (Å²) in [6.45, 7) is 0.459. The molecule has 0 aliphatic heterocycles. The van der Waals surface area contributed by atoms with Crippen LogP contribution in [0.5, 0.6) is 0 Å². The number of hydrogen-bond donors (Lipinski definition) is 2. The third-order valence-corrected chi connectivity index (χ3v) is 3.55. The topological polar surface area (TPSA) is 49.8 Å². The third kappa shape index (κ3) is 4.47. The Bertz CT molecular complexity index is 847. The molecule has 0 saturated carbocycles. The first kappa shape index (κ1) is 17.7. The predicted octanol–water partition coefficient (Wildman–Crippen LogP) is 4.26. The van der Waals surface area contributed by atoms with Gasteiger partial charge in [0.05, 0.1) is 0 Å². The standard InChI is InChI=1S/C18H14F4N4/c19-13-3-1-11(7-15(13)21)9-24-17-5-6-23-18(26-17)25-10-12-2-4-14(20)16(22)8-12/h1-8H,9-10H2,(H2,23,24,25,26). The van der Waals surface area contributed by atoms with Crippen molar-refractivity contribution in [1.29, 1.82) is 0 Å². The third-order valence-electron chi connectivity index (χ3n) is 3.55. The van der Waals surface area contributed by atoms with Crippen molar-refractivity contribution >= 4 is 11.8 Å². The number of halogens is 4. The lowest BCUT2D eigenvalue weighted by Crippen LogP contribution is -2.07. The van der Waals surface area contributed by atoms with E-state index < -0.39 is 23.3 Å². The highest BCUT2D eigenvalue weighted by Crippen LogP contribution is 2.13. The Morgan fingerprint density at radius 3 is 1.85 bits per heavy atom. The van der Waals surface area contributed by atoms with E-state index in [2.05, 4.69) is 20.6 Å². The first-order valence-corrected chi connectivity index (χ1v) is 7.70. The van der Waals surface area contributed by atoms with Crippen LogP contribution in [-0.2, 0) is 13.1 Å². The Kier molecular flexibility index (Phi) is 5.31. The molecule has 0 unspecified atom stereocenters. The van der Waals surface area contributed by atoms with Gasteiger partial charge in [-0.3, -0.25) is 0 Å². The summed E-state index contributed by atoms with van der Waals surface area (Å²) in [7, 11) is 0. The molecule has 3 rings (SSSR count). The van der Waals surface area contributed by atoms with Gasteiger partial charge in [0.25, 0.3) is 0 Å². The fraction of sp³-hybridized carbons (Fsp3) is 0.111. The lowest BCUT2D eigenvalue weighted by molar-refractivity contribution is 0.507. The van der Waals surface area contributed by atoms with Gasteiger partial charge < -0.3 is 10.6 Å². The van der Waals surface area contributed by atoms with Crippen LogP contribution in [-0.4, -0.2) is 9.97 Å². The second kappa shape index (κ2) is 7.81. The number of nitrogens with zero attached hydrogens (tertiary/aromatic N) is 2. The highest BCUT2D eigenvalue weighted by molar-refractivity contribution is 5.40. The normalized spacial score (nSPS) is 10.6. The van der Waals surface area contributed by atoms with Gasteiger partial charge in [0.2, 0.25) is 5.95 Å². The number of anilines is 2. The molecule has 0 atom stereocenters. The molecule has 26 heavy (non-hydrogen) atoms. The van der Waals surface area contributed by atoms with Crippen molar-refractivity contribution in [3.8, 4) is 0 Å². The van der Waals surface area contributed by atoms with Crippen LogP contribution in [0, 0.1) is 23.3 Å². The highest BCUT2D eigenvalue weighted by Gasteiger charge is 2.05. The average Bonchev–Trinajstić information content (AvgIpc) is 2.64. The van der Waals surface area contributed by atoms with Crippen molar-refractivity contribution in [2.45, 2.75) is 13.1 Å². The monoisotopic (exact) mass is 362 g/mol. The van der Waals surface area contributed by atoms with Gasteiger partial charge in [-0.15, -0.1) is 0 Å². The molecule has 0 aliphatic rings. The predicted molar refractivity (Wildman–Crippen MR) is 89.4 cm³/mol. The molecule has 0 aliphatic carbocycles. The molecule has 3 aromatic rings. The number of aromatic nitrogens is 2. The van der Waals surface area contributed by atoms with Gasteiger partial charge >= 0.3 is 0 Å². The van der Waals surface area contributed by atoms with E-state index in [-0.39, 0.29) is 19.0 Å². The maximum atomic E-state index is 13.2. The molecule has 1 aromatic heterocycles. The van der Waals surface area contributed by atoms with E-state index in [4.69, 9.17) is 0 Å². The van der Waals surface area contributed by atoms with E-state index in [1.807, 2.05) is 0 Å². The SMILES string of the molecule is Fc1ccc(CNc2ccnc(NCc3ccc(F)c(F)c3)n2)cc1F. The van der Waals surface area contributed by atoms with Crippen LogP contribution in [0.2, 0.25) is 0 Å². The summed E-state index contributed by atoms with van der Waals surface area (Å²) in [5.74, 6) is -2.90. The lowest BCUT2D eigenvalue weighted by atomic mass is 10.2. The van der Waals surface area contributed by atoms with E-state index in [1.165, 1.54) is 18.3 Å². The van der Waals surface area contributed by atoms with Gasteiger partial charge in [-0.2, -0.15) is 4.98 Å². The molecule has 1 heterocycles. The summed E-state index contributed by atoms with van der Waals surface area (Å²) in [4.78, 5) is 8.25. The number of rotatable bonds is 6. The molecule has 2 aromatic carbocycles. The van der Waals surface area contributed by atoms with E-state index in [0.717, 1.165) is 24.3 Å². The summed E-state index contributed by atoms with van der Waals surface area (Å²) >= 11 is 0. The minimum atomic E-state index is -0.924. The summed E-state index contributed by atoms with van der Waals surface area (Å²) in [5.41, 5.74) is 1.09. The molecule has 8 heteroatoms. The molecule has 0 spiro atoms. The molecule has 2 N–H and O–H groups in total. The van der Waals surface area contributed by atoms with Gasteiger partial charge in [-0.25, -0.2) is 22.5 Å². The number of hydrogen-bond acceptors (Lipinski definition) is 4. The highest BCUT2D eigenvalue weighted by atomic mass is 19.2. The smallest absolute Gasteiger partial charge is 0.224 e. The Balaban J connectivity index is 1.60. The summed E-state index contributed by atoms with van der Waals surface area (Å²) in [6.07, 6.45) is 1.51. The molecule has 0 radical (unpaired) electrons. The van der Waals surface area contributed by atoms with Crippen molar-refractivity contribution in [1.82, 2.24) is 9.97 Å². The van der Waals surface area contributed by atoms with Crippen LogP contribution in [0.1, 0.15) is 11.1 Å². The average molecular weight is 362 g/mol. The van der Waals surface area contributed by atoms with Gasteiger partial charge in [0.1, 0.15) is 5.82 Å². The second-order valence-electron chi connectivity index (χ2n) is 5.47. The van der Waals surface area contributed by atoms with Crippen LogP contribution in [0.25, 0.3) is 0 Å².